The summed E-state index contributed by atoms with van der Waals surface area (Å²) in [5.74, 6) is 0.262. The number of amides is 1. The van der Waals surface area contributed by atoms with Gasteiger partial charge in [0.15, 0.2) is 0 Å². The predicted molar refractivity (Wildman–Crippen MR) is 67.0 cm³/mol. The molecule has 1 amide bonds. The van der Waals surface area contributed by atoms with Crippen molar-refractivity contribution < 1.29 is 9.90 Å². The molecule has 0 spiro atoms. The number of aliphatic hydroxyl groups is 1. The Bertz CT molecular complexity index is 406. The fourth-order valence-electron chi connectivity index (χ4n) is 2.38. The van der Waals surface area contributed by atoms with Crippen molar-refractivity contribution in [2.75, 3.05) is 18.5 Å². The zero-order valence-corrected chi connectivity index (χ0v) is 9.94. The van der Waals surface area contributed by atoms with E-state index in [9.17, 15) is 9.90 Å². The van der Waals surface area contributed by atoms with Crippen LogP contribution in [0, 0.1) is 0 Å². The van der Waals surface area contributed by atoms with Crippen molar-refractivity contribution in [1.29, 1.82) is 0 Å². The van der Waals surface area contributed by atoms with Crippen LogP contribution in [0.3, 0.4) is 0 Å². The number of para-hydroxylation sites is 1. The lowest BCUT2D eigenvalue weighted by Crippen LogP contribution is -2.37. The molecule has 1 aromatic rings. The molecule has 1 aliphatic heterocycles. The fourth-order valence-corrected chi connectivity index (χ4v) is 2.38. The lowest BCUT2D eigenvalue weighted by molar-refractivity contribution is -0.120. The van der Waals surface area contributed by atoms with Crippen LogP contribution in [0.1, 0.15) is 24.8 Å². The number of fused-ring (bicyclic) bond motifs is 1. The highest BCUT2D eigenvalue weighted by molar-refractivity contribution is 5.73. The zero-order chi connectivity index (χ0) is 12.3. The number of hydrogen-bond acceptors (Lipinski definition) is 3. The molecule has 0 aliphatic carbocycles. The van der Waals surface area contributed by atoms with Gasteiger partial charge in [0.1, 0.15) is 0 Å². The number of nitrogens with one attached hydrogen (secondary N) is 2. The lowest BCUT2D eigenvalue weighted by atomic mass is 9.94. The van der Waals surface area contributed by atoms with E-state index in [1.54, 1.807) is 0 Å². The van der Waals surface area contributed by atoms with Crippen LogP contribution in [0.4, 0.5) is 5.69 Å². The van der Waals surface area contributed by atoms with Gasteiger partial charge in [0.05, 0.1) is 12.6 Å². The smallest absolute Gasteiger partial charge is 0.217 e. The van der Waals surface area contributed by atoms with E-state index < -0.39 is 0 Å². The molecule has 2 atom stereocenters. The molecule has 3 N–H and O–H groups in total. The Hall–Kier alpha value is -1.55. The van der Waals surface area contributed by atoms with E-state index in [1.807, 2.05) is 12.1 Å². The number of carbonyl (C=O) groups is 1. The van der Waals surface area contributed by atoms with Crippen molar-refractivity contribution in [1.82, 2.24) is 5.32 Å². The third-order valence-corrected chi connectivity index (χ3v) is 3.14. The van der Waals surface area contributed by atoms with Gasteiger partial charge in [0, 0.05) is 25.1 Å². The zero-order valence-electron chi connectivity index (χ0n) is 9.94. The van der Waals surface area contributed by atoms with Gasteiger partial charge in [-0.3, -0.25) is 4.79 Å². The van der Waals surface area contributed by atoms with Crippen molar-refractivity contribution in [2.45, 2.75) is 25.3 Å². The average Bonchev–Trinajstić information content (AvgIpc) is 2.71. The molecule has 17 heavy (non-hydrogen) atoms. The maximum Gasteiger partial charge on any atom is 0.217 e. The fraction of sp³-hybridized carbons (Fsp3) is 0.462. The van der Waals surface area contributed by atoms with E-state index in [0.29, 0.717) is 5.92 Å². The summed E-state index contributed by atoms with van der Waals surface area (Å²) in [7, 11) is 0. The number of benzene rings is 1. The summed E-state index contributed by atoms with van der Waals surface area (Å²) in [6.07, 6.45) is 0.764. The minimum Gasteiger partial charge on any atom is -0.394 e. The minimum absolute atomic E-state index is 0.0156. The van der Waals surface area contributed by atoms with Gasteiger partial charge in [-0.1, -0.05) is 18.2 Å². The number of anilines is 1. The molecule has 2 rings (SSSR count). The van der Waals surface area contributed by atoms with Gasteiger partial charge in [-0.15, -0.1) is 0 Å². The highest BCUT2D eigenvalue weighted by atomic mass is 16.3. The highest BCUT2D eigenvalue weighted by Crippen LogP contribution is 2.33. The third-order valence-electron chi connectivity index (χ3n) is 3.14. The Labute approximate surface area is 101 Å². The Morgan fingerprint density at radius 3 is 3.06 bits per heavy atom. The summed E-state index contributed by atoms with van der Waals surface area (Å²) >= 11 is 0. The van der Waals surface area contributed by atoms with E-state index in [4.69, 9.17) is 0 Å². The standard InChI is InChI=1S/C13H18N2O2/c1-9(17)15-11(8-16)6-10-7-14-13-5-3-2-4-12(10)13/h2-5,10-11,14,16H,6-8H2,1H3,(H,15,17)/t10?,11-/m1/s1. The molecule has 0 saturated heterocycles. The molecule has 1 unspecified atom stereocenters. The van der Waals surface area contributed by atoms with Crippen LogP contribution in [-0.4, -0.2) is 30.2 Å². The molecule has 0 bridgehead atoms. The minimum atomic E-state index is -0.162. The van der Waals surface area contributed by atoms with Crippen LogP contribution in [-0.2, 0) is 4.79 Å². The largest absolute Gasteiger partial charge is 0.394 e. The normalized spacial score (nSPS) is 19.3. The Morgan fingerprint density at radius 2 is 2.35 bits per heavy atom. The van der Waals surface area contributed by atoms with E-state index in [1.165, 1.54) is 12.5 Å². The van der Waals surface area contributed by atoms with Crippen molar-refractivity contribution >= 4 is 11.6 Å². The van der Waals surface area contributed by atoms with Crippen molar-refractivity contribution in [3.8, 4) is 0 Å². The SMILES string of the molecule is CC(=O)N[C@@H](CO)CC1CNc2ccccc21. The second-order valence-corrected chi connectivity index (χ2v) is 4.48. The maximum atomic E-state index is 11.0. The number of hydrogen-bond donors (Lipinski definition) is 3. The van der Waals surface area contributed by atoms with Crippen LogP contribution in [0.25, 0.3) is 0 Å². The Balaban J connectivity index is 2.03. The van der Waals surface area contributed by atoms with Gasteiger partial charge in [-0.25, -0.2) is 0 Å². The summed E-state index contributed by atoms with van der Waals surface area (Å²) in [6.45, 7) is 2.33. The molecule has 0 radical (unpaired) electrons. The van der Waals surface area contributed by atoms with Gasteiger partial charge in [0.2, 0.25) is 5.91 Å². The molecule has 4 nitrogen and oxygen atoms in total. The number of aliphatic hydroxyl groups excluding tert-OH is 1. The number of rotatable bonds is 4. The summed E-state index contributed by atoms with van der Waals surface area (Å²) in [5, 5.41) is 15.4. The molecular weight excluding hydrogens is 216 g/mol. The Morgan fingerprint density at radius 1 is 1.59 bits per heavy atom. The summed E-state index contributed by atoms with van der Waals surface area (Å²) in [4.78, 5) is 11.0. The summed E-state index contributed by atoms with van der Waals surface area (Å²) in [5.41, 5.74) is 2.44. The van der Waals surface area contributed by atoms with Gasteiger partial charge in [-0.05, 0) is 18.1 Å². The maximum absolute atomic E-state index is 11.0. The molecular formula is C13H18N2O2. The van der Waals surface area contributed by atoms with Crippen LogP contribution in [0.2, 0.25) is 0 Å². The molecule has 0 saturated carbocycles. The second kappa shape index (κ2) is 5.19. The second-order valence-electron chi connectivity index (χ2n) is 4.48. The van der Waals surface area contributed by atoms with E-state index in [2.05, 4.69) is 22.8 Å². The topological polar surface area (TPSA) is 61.4 Å². The van der Waals surface area contributed by atoms with Crippen molar-refractivity contribution in [2.24, 2.45) is 0 Å². The van der Waals surface area contributed by atoms with E-state index in [0.717, 1.165) is 18.7 Å². The first kappa shape index (κ1) is 11.9. The van der Waals surface area contributed by atoms with E-state index in [-0.39, 0.29) is 18.6 Å². The van der Waals surface area contributed by atoms with Gasteiger partial charge in [-0.2, -0.15) is 0 Å². The van der Waals surface area contributed by atoms with E-state index >= 15 is 0 Å². The molecule has 0 fully saturated rings. The van der Waals surface area contributed by atoms with Gasteiger partial charge in [0.25, 0.3) is 0 Å². The molecule has 1 aromatic carbocycles. The molecule has 1 aliphatic rings. The molecule has 1 heterocycles. The van der Waals surface area contributed by atoms with Crippen LogP contribution >= 0.6 is 0 Å². The third kappa shape index (κ3) is 2.77. The molecule has 0 aromatic heterocycles. The number of carbonyl (C=O) groups excluding carboxylic acids is 1. The average molecular weight is 234 g/mol. The van der Waals surface area contributed by atoms with Crippen LogP contribution in [0.5, 0.6) is 0 Å². The first-order valence-electron chi connectivity index (χ1n) is 5.91. The monoisotopic (exact) mass is 234 g/mol. The van der Waals surface area contributed by atoms with Crippen molar-refractivity contribution in [3.05, 3.63) is 29.8 Å². The molecule has 92 valence electrons. The van der Waals surface area contributed by atoms with Gasteiger partial charge < -0.3 is 15.7 Å². The quantitative estimate of drug-likeness (QED) is 0.730. The van der Waals surface area contributed by atoms with Crippen LogP contribution in [0.15, 0.2) is 24.3 Å². The first-order valence-corrected chi connectivity index (χ1v) is 5.91. The summed E-state index contributed by atoms with van der Waals surface area (Å²) in [6, 6.07) is 8.02. The Kier molecular flexibility index (Phi) is 3.64. The predicted octanol–water partition coefficient (Wildman–Crippen LogP) is 1.08. The highest BCUT2D eigenvalue weighted by Gasteiger charge is 2.24. The summed E-state index contributed by atoms with van der Waals surface area (Å²) < 4.78 is 0. The lowest BCUT2D eigenvalue weighted by Gasteiger charge is -2.19. The van der Waals surface area contributed by atoms with Crippen molar-refractivity contribution in [3.63, 3.8) is 0 Å². The first-order chi connectivity index (χ1) is 8.20. The van der Waals surface area contributed by atoms with Gasteiger partial charge >= 0.3 is 0 Å². The molecule has 4 heteroatoms. The van der Waals surface area contributed by atoms with Crippen LogP contribution < -0.4 is 10.6 Å².